The highest BCUT2D eigenvalue weighted by Gasteiger charge is 2.16. The third-order valence-corrected chi connectivity index (χ3v) is 3.10. The summed E-state index contributed by atoms with van der Waals surface area (Å²) in [5.74, 6) is 0.316. The van der Waals surface area contributed by atoms with E-state index in [1.807, 2.05) is 0 Å². The van der Waals surface area contributed by atoms with E-state index in [-0.39, 0.29) is 4.90 Å². The van der Waals surface area contributed by atoms with Gasteiger partial charge in [0.25, 0.3) is 0 Å². The van der Waals surface area contributed by atoms with Gasteiger partial charge in [-0.3, -0.25) is 0 Å². The van der Waals surface area contributed by atoms with Crippen LogP contribution in [0.2, 0.25) is 0 Å². The van der Waals surface area contributed by atoms with Gasteiger partial charge in [-0.25, -0.2) is 13.4 Å². The van der Waals surface area contributed by atoms with Gasteiger partial charge in [-0.05, 0) is 12.1 Å². The third kappa shape index (κ3) is 1.92. The molecule has 0 aliphatic carbocycles. The Kier molecular flexibility index (Phi) is 2.32. The molecule has 5 heteroatoms. The summed E-state index contributed by atoms with van der Waals surface area (Å²) in [4.78, 5) is 4.16. The van der Waals surface area contributed by atoms with E-state index in [0.717, 1.165) is 6.26 Å². The van der Waals surface area contributed by atoms with Crippen LogP contribution in [-0.4, -0.2) is 19.7 Å². The molecule has 78 valence electrons. The average molecular weight is 223 g/mol. The summed E-state index contributed by atoms with van der Waals surface area (Å²) >= 11 is 0. The van der Waals surface area contributed by atoms with Gasteiger partial charge in [0.2, 0.25) is 5.89 Å². The fraction of sp³-hybridized carbons (Fsp3) is 0.100. The summed E-state index contributed by atoms with van der Waals surface area (Å²) in [7, 11) is -3.26. The van der Waals surface area contributed by atoms with E-state index in [0.29, 0.717) is 11.5 Å². The Hall–Kier alpha value is -1.62. The van der Waals surface area contributed by atoms with Crippen molar-refractivity contribution >= 4 is 9.84 Å². The molecule has 4 nitrogen and oxygen atoms in total. The molecule has 0 unspecified atom stereocenters. The molecule has 0 atom stereocenters. The first kappa shape index (κ1) is 9.92. The van der Waals surface area contributed by atoms with E-state index in [1.54, 1.807) is 18.2 Å². The lowest BCUT2D eigenvalue weighted by molar-refractivity contribution is 0.571. The first-order chi connectivity index (χ1) is 7.09. The summed E-state index contributed by atoms with van der Waals surface area (Å²) in [6, 6.07) is 6.62. The molecule has 0 fully saturated rings. The van der Waals surface area contributed by atoms with Gasteiger partial charge in [-0.15, -0.1) is 0 Å². The minimum absolute atomic E-state index is 0.229. The molecule has 1 heterocycles. The fourth-order valence-electron chi connectivity index (χ4n) is 1.32. The molecule has 2 rings (SSSR count). The number of sulfone groups is 1. The molecular weight excluding hydrogens is 214 g/mol. The molecule has 0 N–H and O–H groups in total. The predicted octanol–water partition coefficient (Wildman–Crippen LogP) is 1.75. The van der Waals surface area contributed by atoms with Crippen LogP contribution in [0.5, 0.6) is 0 Å². The zero-order chi connectivity index (χ0) is 10.9. The van der Waals surface area contributed by atoms with E-state index < -0.39 is 9.84 Å². The van der Waals surface area contributed by atoms with Crippen LogP contribution in [0.25, 0.3) is 11.5 Å². The fourth-order valence-corrected chi connectivity index (χ4v) is 2.20. The Morgan fingerprint density at radius 3 is 2.60 bits per heavy atom. The number of nitrogens with zero attached hydrogens (tertiary/aromatic N) is 1. The minimum Gasteiger partial charge on any atom is -0.444 e. The Morgan fingerprint density at radius 2 is 2.00 bits per heavy atom. The van der Waals surface area contributed by atoms with Crippen LogP contribution in [0.4, 0.5) is 0 Å². The summed E-state index contributed by atoms with van der Waals surface area (Å²) in [5.41, 5.74) is 0.491. The normalized spacial score (nSPS) is 11.5. The van der Waals surface area contributed by atoms with Crippen LogP contribution in [0, 0.1) is 0 Å². The molecule has 0 radical (unpaired) electrons. The molecule has 0 aliphatic heterocycles. The maximum absolute atomic E-state index is 11.5. The zero-order valence-electron chi connectivity index (χ0n) is 8.04. The lowest BCUT2D eigenvalue weighted by atomic mass is 10.2. The van der Waals surface area contributed by atoms with Gasteiger partial charge in [0, 0.05) is 6.26 Å². The van der Waals surface area contributed by atoms with Crippen molar-refractivity contribution in [1.29, 1.82) is 0 Å². The van der Waals surface area contributed by atoms with Gasteiger partial charge >= 0.3 is 0 Å². The van der Waals surface area contributed by atoms with Gasteiger partial charge < -0.3 is 4.42 Å². The van der Waals surface area contributed by atoms with Gasteiger partial charge in [0.15, 0.2) is 9.84 Å². The van der Waals surface area contributed by atoms with E-state index in [9.17, 15) is 8.42 Å². The van der Waals surface area contributed by atoms with Crippen molar-refractivity contribution in [2.45, 2.75) is 4.90 Å². The lowest BCUT2D eigenvalue weighted by Gasteiger charge is -2.03. The Bertz CT molecular complexity index is 558. The van der Waals surface area contributed by atoms with Crippen LogP contribution in [0.3, 0.4) is 0 Å². The monoisotopic (exact) mass is 223 g/mol. The molecule has 0 aliphatic rings. The number of benzene rings is 1. The Balaban J connectivity index is 2.68. The molecular formula is C10H9NO3S. The van der Waals surface area contributed by atoms with Crippen molar-refractivity contribution in [3.63, 3.8) is 0 Å². The van der Waals surface area contributed by atoms with E-state index >= 15 is 0 Å². The summed E-state index contributed by atoms with van der Waals surface area (Å²) in [5, 5.41) is 0. The first-order valence-corrected chi connectivity index (χ1v) is 6.17. The smallest absolute Gasteiger partial charge is 0.227 e. The van der Waals surface area contributed by atoms with Crippen LogP contribution in [0.1, 0.15) is 0 Å². The molecule has 1 aromatic carbocycles. The average Bonchev–Trinajstić information content (AvgIpc) is 2.69. The number of hydrogen-bond acceptors (Lipinski definition) is 4. The molecule has 0 spiro atoms. The van der Waals surface area contributed by atoms with Crippen LogP contribution >= 0.6 is 0 Å². The van der Waals surface area contributed by atoms with Crippen molar-refractivity contribution in [1.82, 2.24) is 4.98 Å². The van der Waals surface area contributed by atoms with Gasteiger partial charge in [0.1, 0.15) is 6.26 Å². The van der Waals surface area contributed by atoms with Crippen molar-refractivity contribution < 1.29 is 12.8 Å². The van der Waals surface area contributed by atoms with Crippen LogP contribution in [0.15, 0.2) is 46.0 Å². The first-order valence-electron chi connectivity index (χ1n) is 4.28. The topological polar surface area (TPSA) is 60.2 Å². The third-order valence-electron chi connectivity index (χ3n) is 1.95. The van der Waals surface area contributed by atoms with Crippen molar-refractivity contribution in [3.05, 3.63) is 36.7 Å². The van der Waals surface area contributed by atoms with Crippen molar-refractivity contribution in [3.8, 4) is 11.5 Å². The van der Waals surface area contributed by atoms with Crippen LogP contribution in [-0.2, 0) is 9.84 Å². The highest BCUT2D eigenvalue weighted by Crippen LogP contribution is 2.25. The highest BCUT2D eigenvalue weighted by atomic mass is 32.2. The molecule has 0 amide bonds. The summed E-state index contributed by atoms with van der Waals surface area (Å²) < 4.78 is 28.0. The van der Waals surface area contributed by atoms with Gasteiger partial charge in [-0.2, -0.15) is 0 Å². The quantitative estimate of drug-likeness (QED) is 0.778. The zero-order valence-corrected chi connectivity index (χ0v) is 8.86. The number of oxazole rings is 1. The maximum Gasteiger partial charge on any atom is 0.227 e. The predicted molar refractivity (Wildman–Crippen MR) is 55.0 cm³/mol. The summed E-state index contributed by atoms with van der Waals surface area (Å²) in [6.45, 7) is 0. The largest absolute Gasteiger partial charge is 0.444 e. The van der Waals surface area contributed by atoms with E-state index in [1.165, 1.54) is 18.5 Å². The molecule has 0 saturated heterocycles. The van der Waals surface area contributed by atoms with Gasteiger partial charge in [-0.1, -0.05) is 12.1 Å². The maximum atomic E-state index is 11.5. The molecule has 2 aromatic rings. The van der Waals surface area contributed by atoms with Crippen LogP contribution < -0.4 is 0 Å². The molecule has 0 saturated carbocycles. The number of aromatic nitrogens is 1. The van der Waals surface area contributed by atoms with E-state index in [2.05, 4.69) is 4.98 Å². The second-order valence-corrected chi connectivity index (χ2v) is 5.09. The molecule has 0 bridgehead atoms. The lowest BCUT2D eigenvalue weighted by Crippen LogP contribution is -1.99. The number of hydrogen-bond donors (Lipinski definition) is 0. The number of rotatable bonds is 2. The molecule has 1 aromatic heterocycles. The highest BCUT2D eigenvalue weighted by molar-refractivity contribution is 7.90. The second kappa shape index (κ2) is 3.51. The minimum atomic E-state index is -3.26. The van der Waals surface area contributed by atoms with Gasteiger partial charge in [0.05, 0.1) is 16.7 Å². The summed E-state index contributed by atoms with van der Waals surface area (Å²) in [6.07, 6.45) is 4.05. The molecule has 15 heavy (non-hydrogen) atoms. The van der Waals surface area contributed by atoms with Crippen molar-refractivity contribution in [2.75, 3.05) is 6.26 Å². The standard InChI is InChI=1S/C10H9NO3S/c1-15(12,13)9-5-3-2-4-8(9)10-11-6-7-14-10/h2-7H,1H3. The Morgan fingerprint density at radius 1 is 1.27 bits per heavy atom. The van der Waals surface area contributed by atoms with E-state index in [4.69, 9.17) is 4.42 Å². The Labute approximate surface area is 87.5 Å². The second-order valence-electron chi connectivity index (χ2n) is 3.11. The van der Waals surface area contributed by atoms with Crippen molar-refractivity contribution in [2.24, 2.45) is 0 Å². The SMILES string of the molecule is CS(=O)(=O)c1ccccc1-c1ncco1.